The van der Waals surface area contributed by atoms with Crippen LogP contribution in [0.5, 0.6) is 0 Å². The fraction of sp³-hybridized carbons (Fsp3) is 0.0625. The maximum atomic E-state index is 13.3. The Balaban J connectivity index is 1.98. The molecule has 0 aliphatic carbocycles. The van der Waals surface area contributed by atoms with E-state index in [-0.39, 0.29) is 17.0 Å². The molecule has 5 nitrogen and oxygen atoms in total. The van der Waals surface area contributed by atoms with Crippen LogP contribution in [-0.4, -0.2) is 16.1 Å². The Morgan fingerprint density at radius 1 is 1.29 bits per heavy atom. The van der Waals surface area contributed by atoms with Crippen LogP contribution in [0, 0.1) is 11.6 Å². The zero-order valence-electron chi connectivity index (χ0n) is 12.0. The Bertz CT molecular complexity index is 904. The molecule has 2 heterocycles. The molecule has 2 aromatic heterocycles. The summed E-state index contributed by atoms with van der Waals surface area (Å²) < 4.78 is 31.4. The van der Waals surface area contributed by atoms with Gasteiger partial charge < -0.3 is 14.4 Å². The molecule has 0 bridgehead atoms. The summed E-state index contributed by atoms with van der Waals surface area (Å²) in [5.74, 6) is -3.11. The summed E-state index contributed by atoms with van der Waals surface area (Å²) in [7, 11) is 0. The topological polar surface area (TPSA) is 79.0 Å². The monoisotopic (exact) mass is 347 g/mol. The summed E-state index contributed by atoms with van der Waals surface area (Å²) in [5, 5.41) is 18.4. The van der Waals surface area contributed by atoms with Crippen molar-refractivity contribution in [3.63, 3.8) is 0 Å². The van der Waals surface area contributed by atoms with Gasteiger partial charge in [0.15, 0.2) is 11.6 Å². The molecule has 0 amide bonds. The smallest absolute Gasteiger partial charge is 0.254 e. The van der Waals surface area contributed by atoms with E-state index in [4.69, 9.17) is 4.52 Å². The van der Waals surface area contributed by atoms with Crippen molar-refractivity contribution in [2.45, 2.75) is 6.42 Å². The number of hydrogen-bond acceptors (Lipinski definition) is 6. The second-order valence-corrected chi connectivity index (χ2v) is 5.61. The zero-order chi connectivity index (χ0) is 17.1. The normalized spacial score (nSPS) is 11.7. The van der Waals surface area contributed by atoms with Crippen molar-refractivity contribution in [2.75, 3.05) is 0 Å². The summed E-state index contributed by atoms with van der Waals surface area (Å²) in [6.45, 7) is 0. The summed E-state index contributed by atoms with van der Waals surface area (Å²) in [6.07, 6.45) is 0.827. The number of aromatic nitrogens is 2. The molecule has 0 saturated heterocycles. The molecule has 0 spiro atoms. The van der Waals surface area contributed by atoms with Crippen molar-refractivity contribution in [1.29, 1.82) is 0 Å². The molecule has 122 valence electrons. The molecule has 0 fully saturated rings. The average molecular weight is 347 g/mol. The van der Waals surface area contributed by atoms with E-state index in [1.165, 1.54) is 23.5 Å². The lowest BCUT2D eigenvalue weighted by atomic mass is 10.1. The third kappa shape index (κ3) is 3.54. The van der Waals surface area contributed by atoms with Gasteiger partial charge in [-0.3, -0.25) is 0 Å². The summed E-state index contributed by atoms with van der Waals surface area (Å²) in [5.41, 5.74) is 1.13. The van der Waals surface area contributed by atoms with E-state index in [2.05, 4.69) is 10.1 Å². The Morgan fingerprint density at radius 2 is 2.12 bits per heavy atom. The van der Waals surface area contributed by atoms with Gasteiger partial charge in [0.05, 0.1) is 0 Å². The lowest BCUT2D eigenvalue weighted by Gasteiger charge is -2.04. The van der Waals surface area contributed by atoms with Crippen LogP contribution in [0.2, 0.25) is 0 Å². The van der Waals surface area contributed by atoms with Crippen LogP contribution in [-0.2, 0) is 4.79 Å². The zero-order valence-corrected chi connectivity index (χ0v) is 12.8. The van der Waals surface area contributed by atoms with E-state index >= 15 is 0 Å². The number of thiophene rings is 1. The van der Waals surface area contributed by atoms with Crippen molar-refractivity contribution < 1.29 is 23.2 Å². The van der Waals surface area contributed by atoms with Crippen LogP contribution in [0.4, 0.5) is 8.78 Å². The Labute approximate surface area is 138 Å². The van der Waals surface area contributed by atoms with Gasteiger partial charge in [-0.05, 0) is 35.2 Å². The number of aliphatic carboxylic acids is 1. The number of halogens is 2. The first-order chi connectivity index (χ1) is 11.5. The number of rotatable bonds is 5. The van der Waals surface area contributed by atoms with Crippen LogP contribution in [0.25, 0.3) is 23.0 Å². The standard InChI is InChI=1S/C16H10F2N2O3S/c17-12-2-1-9(6-13(12)18)5-11(7-14(21)22)16-19-15(20-23-16)10-3-4-24-8-10/h1-6,8H,7H2,(H,21,22)/p-1/b11-5+. The summed E-state index contributed by atoms with van der Waals surface area (Å²) in [4.78, 5) is 15.1. The van der Waals surface area contributed by atoms with Crippen molar-refractivity contribution >= 4 is 29.0 Å². The second-order valence-electron chi connectivity index (χ2n) is 4.83. The molecule has 0 unspecified atom stereocenters. The molecule has 0 aliphatic rings. The predicted octanol–water partition coefficient (Wildman–Crippen LogP) is 2.76. The first-order valence-corrected chi connectivity index (χ1v) is 7.69. The molecule has 0 saturated carbocycles. The van der Waals surface area contributed by atoms with Gasteiger partial charge >= 0.3 is 0 Å². The van der Waals surface area contributed by atoms with Crippen molar-refractivity contribution in [1.82, 2.24) is 10.1 Å². The fourth-order valence-corrected chi connectivity index (χ4v) is 2.64. The second kappa shape index (κ2) is 6.71. The number of carboxylic acids is 1. The van der Waals surface area contributed by atoms with Crippen LogP contribution >= 0.6 is 11.3 Å². The highest BCUT2D eigenvalue weighted by atomic mass is 32.1. The summed E-state index contributed by atoms with van der Waals surface area (Å²) in [6, 6.07) is 4.99. The number of hydrogen-bond donors (Lipinski definition) is 0. The number of carbonyl (C=O) groups excluding carboxylic acids is 1. The fourth-order valence-electron chi connectivity index (χ4n) is 2.01. The van der Waals surface area contributed by atoms with E-state index in [1.54, 1.807) is 6.07 Å². The van der Waals surface area contributed by atoms with Gasteiger partial charge in [0.2, 0.25) is 5.82 Å². The molecule has 0 N–H and O–H groups in total. The van der Waals surface area contributed by atoms with Crippen molar-refractivity contribution in [3.8, 4) is 11.4 Å². The highest BCUT2D eigenvalue weighted by molar-refractivity contribution is 7.08. The minimum atomic E-state index is -1.36. The molecule has 0 radical (unpaired) electrons. The number of carboxylic acid groups (broad SMARTS) is 1. The van der Waals surface area contributed by atoms with E-state index in [1.807, 2.05) is 10.8 Å². The third-order valence-corrected chi connectivity index (χ3v) is 3.78. The lowest BCUT2D eigenvalue weighted by Crippen LogP contribution is -2.22. The van der Waals surface area contributed by atoms with Gasteiger partial charge in [-0.25, -0.2) is 8.78 Å². The van der Waals surface area contributed by atoms with Gasteiger partial charge in [-0.2, -0.15) is 16.3 Å². The highest BCUT2D eigenvalue weighted by Crippen LogP contribution is 2.25. The molecule has 0 atom stereocenters. The molecule has 3 aromatic rings. The average Bonchev–Trinajstić information content (AvgIpc) is 3.20. The number of carbonyl (C=O) groups is 1. The molecular weight excluding hydrogens is 338 g/mol. The van der Waals surface area contributed by atoms with Crippen LogP contribution in [0.3, 0.4) is 0 Å². The largest absolute Gasteiger partial charge is 0.550 e. The highest BCUT2D eigenvalue weighted by Gasteiger charge is 2.14. The number of benzene rings is 1. The lowest BCUT2D eigenvalue weighted by molar-refractivity contribution is -0.304. The molecule has 1 aromatic carbocycles. The van der Waals surface area contributed by atoms with Gasteiger partial charge in [0.1, 0.15) is 0 Å². The maximum Gasteiger partial charge on any atom is 0.254 e. The summed E-state index contributed by atoms with van der Waals surface area (Å²) >= 11 is 1.45. The Hall–Kier alpha value is -2.87. The minimum absolute atomic E-state index is 0.0230. The van der Waals surface area contributed by atoms with E-state index in [9.17, 15) is 18.7 Å². The van der Waals surface area contributed by atoms with Crippen LogP contribution in [0.15, 0.2) is 39.5 Å². The Kier molecular flexibility index (Phi) is 4.48. The minimum Gasteiger partial charge on any atom is -0.550 e. The van der Waals surface area contributed by atoms with Crippen molar-refractivity contribution in [3.05, 3.63) is 58.1 Å². The molecule has 3 rings (SSSR count). The van der Waals surface area contributed by atoms with Gasteiger partial charge in [-0.1, -0.05) is 11.2 Å². The molecular formula is C16H9F2N2O3S-. The number of nitrogens with zero attached hydrogens (tertiary/aromatic N) is 2. The first kappa shape index (κ1) is 16.0. The molecule has 24 heavy (non-hydrogen) atoms. The SMILES string of the molecule is O=C([O-])C/C(=C\c1ccc(F)c(F)c1)c1nc(-c2ccsc2)no1. The van der Waals surface area contributed by atoms with Gasteiger partial charge in [-0.15, -0.1) is 0 Å². The van der Waals surface area contributed by atoms with Crippen LogP contribution in [0.1, 0.15) is 17.9 Å². The third-order valence-electron chi connectivity index (χ3n) is 3.10. The Morgan fingerprint density at radius 3 is 2.79 bits per heavy atom. The molecule has 0 aliphatic heterocycles. The first-order valence-electron chi connectivity index (χ1n) is 6.75. The van der Waals surface area contributed by atoms with E-state index in [0.29, 0.717) is 5.82 Å². The maximum absolute atomic E-state index is 13.3. The van der Waals surface area contributed by atoms with Gasteiger partial charge in [0.25, 0.3) is 5.89 Å². The van der Waals surface area contributed by atoms with Crippen molar-refractivity contribution in [2.24, 2.45) is 0 Å². The van der Waals surface area contributed by atoms with Crippen LogP contribution < -0.4 is 5.11 Å². The quantitative estimate of drug-likeness (QED) is 0.709. The van der Waals surface area contributed by atoms with E-state index in [0.717, 1.165) is 17.7 Å². The van der Waals surface area contributed by atoms with E-state index < -0.39 is 24.0 Å². The predicted molar refractivity (Wildman–Crippen MR) is 81.5 cm³/mol. The molecule has 8 heteroatoms. The van der Waals surface area contributed by atoms with Gasteiger partial charge in [0, 0.05) is 28.9 Å².